The van der Waals surface area contributed by atoms with Crippen LogP contribution in [-0.4, -0.2) is 60.1 Å². The molecule has 0 spiro atoms. The van der Waals surface area contributed by atoms with Gasteiger partial charge in [-0.05, 0) is 60.6 Å². The van der Waals surface area contributed by atoms with Gasteiger partial charge in [0.15, 0.2) is 0 Å². The minimum atomic E-state index is -1.13. The summed E-state index contributed by atoms with van der Waals surface area (Å²) in [5, 5.41) is 12.8. The number of nitrogens with one attached hydrogen (secondary N) is 1. The van der Waals surface area contributed by atoms with E-state index < -0.39 is 23.5 Å². The molecule has 1 saturated heterocycles. The van der Waals surface area contributed by atoms with Crippen molar-refractivity contribution < 1.29 is 29.0 Å². The van der Waals surface area contributed by atoms with Crippen LogP contribution in [0.25, 0.3) is 0 Å². The number of hydrogen-bond acceptors (Lipinski definition) is 5. The van der Waals surface area contributed by atoms with E-state index in [4.69, 9.17) is 4.74 Å². The van der Waals surface area contributed by atoms with Gasteiger partial charge in [-0.1, -0.05) is 57.4 Å². The molecule has 1 aliphatic heterocycles. The lowest BCUT2D eigenvalue weighted by molar-refractivity contribution is -0.143. The molecule has 0 radical (unpaired) electrons. The van der Waals surface area contributed by atoms with Crippen LogP contribution in [0.2, 0.25) is 0 Å². The molecule has 1 aliphatic carbocycles. The first kappa shape index (κ1) is 29.1. The topological polar surface area (TPSA) is 116 Å². The maximum absolute atomic E-state index is 13.7. The zero-order valence-corrected chi connectivity index (χ0v) is 23.7. The molecule has 9 heteroatoms. The summed E-state index contributed by atoms with van der Waals surface area (Å²) in [6, 6.07) is 12.1. The molecule has 1 heterocycles. The zero-order chi connectivity index (χ0) is 29.0. The molecule has 2 aromatic rings. The zero-order valence-electron chi connectivity index (χ0n) is 23.7. The van der Waals surface area contributed by atoms with Gasteiger partial charge in [0, 0.05) is 13.5 Å². The van der Waals surface area contributed by atoms with Crippen LogP contribution >= 0.6 is 0 Å². The van der Waals surface area contributed by atoms with Crippen molar-refractivity contribution in [3.63, 3.8) is 0 Å². The molecule has 4 rings (SSSR count). The number of rotatable bonds is 10. The molecule has 1 saturated carbocycles. The maximum atomic E-state index is 13.7. The molecule has 9 nitrogen and oxygen atoms in total. The van der Waals surface area contributed by atoms with Crippen LogP contribution in [0.1, 0.15) is 63.5 Å². The number of methoxy groups -OCH3 is 1. The standard InChI is InChI=1S/C31H39N3O6/c1-20(2)18-26-27(35)34(30(39)33(26)3)23-12-8-21(9-13-23)19-25(28(36)37)32-29(38)31(16-6-5-7-17-31)22-10-14-24(40-4)15-11-22/h8-15,20,25-26H,5-7,16-19H2,1-4H3,(H,32,38)(H,36,37)/t25-,26-/m0/s1. The van der Waals surface area contributed by atoms with Crippen molar-refractivity contribution in [1.82, 2.24) is 10.2 Å². The number of nitrogens with zero attached hydrogens (tertiary/aromatic N) is 2. The summed E-state index contributed by atoms with van der Waals surface area (Å²) in [5.74, 6) is -0.718. The van der Waals surface area contributed by atoms with E-state index in [9.17, 15) is 24.3 Å². The second-order valence-corrected chi connectivity index (χ2v) is 11.3. The normalized spacial score (nSPS) is 19.6. The van der Waals surface area contributed by atoms with Gasteiger partial charge in [-0.15, -0.1) is 0 Å². The third-order valence-electron chi connectivity index (χ3n) is 8.18. The Labute approximate surface area is 235 Å². The molecule has 0 aromatic heterocycles. The molecule has 2 N–H and O–H groups in total. The monoisotopic (exact) mass is 549 g/mol. The minimum Gasteiger partial charge on any atom is -0.497 e. The average Bonchev–Trinajstić information content (AvgIpc) is 3.15. The lowest BCUT2D eigenvalue weighted by atomic mass is 9.68. The highest BCUT2D eigenvalue weighted by molar-refractivity contribution is 6.21. The first-order chi connectivity index (χ1) is 19.1. The number of amides is 4. The van der Waals surface area contributed by atoms with Crippen LogP contribution in [0.15, 0.2) is 48.5 Å². The van der Waals surface area contributed by atoms with Crippen molar-refractivity contribution in [3.05, 3.63) is 59.7 Å². The molecule has 2 aliphatic rings. The Balaban J connectivity index is 1.50. The van der Waals surface area contributed by atoms with E-state index in [-0.39, 0.29) is 30.2 Å². The largest absolute Gasteiger partial charge is 0.497 e. The van der Waals surface area contributed by atoms with Gasteiger partial charge in [0.25, 0.3) is 5.91 Å². The first-order valence-corrected chi connectivity index (χ1v) is 14.0. The third-order valence-corrected chi connectivity index (χ3v) is 8.18. The number of anilines is 1. The fourth-order valence-corrected chi connectivity index (χ4v) is 5.87. The number of carbonyl (C=O) groups excluding carboxylic acids is 3. The third kappa shape index (κ3) is 5.83. The van der Waals surface area contributed by atoms with E-state index in [1.807, 2.05) is 38.1 Å². The number of aliphatic carboxylic acids is 1. The van der Waals surface area contributed by atoms with Gasteiger partial charge >= 0.3 is 12.0 Å². The Morgan fingerprint density at radius 1 is 1.02 bits per heavy atom. The van der Waals surface area contributed by atoms with Crippen molar-refractivity contribution in [1.29, 1.82) is 0 Å². The lowest BCUT2D eigenvalue weighted by Crippen LogP contribution is -2.52. The molecule has 0 bridgehead atoms. The van der Waals surface area contributed by atoms with Gasteiger partial charge in [-0.25, -0.2) is 14.5 Å². The van der Waals surface area contributed by atoms with Gasteiger partial charge in [-0.2, -0.15) is 0 Å². The van der Waals surface area contributed by atoms with Crippen LogP contribution in [-0.2, 0) is 26.2 Å². The van der Waals surface area contributed by atoms with E-state index in [0.717, 1.165) is 24.8 Å². The highest BCUT2D eigenvalue weighted by Crippen LogP contribution is 2.40. The van der Waals surface area contributed by atoms with Crippen LogP contribution in [0.5, 0.6) is 5.75 Å². The second-order valence-electron chi connectivity index (χ2n) is 11.3. The number of ether oxygens (including phenoxy) is 1. The van der Waals surface area contributed by atoms with Crippen molar-refractivity contribution in [2.24, 2.45) is 5.92 Å². The van der Waals surface area contributed by atoms with Crippen LogP contribution in [0.3, 0.4) is 0 Å². The van der Waals surface area contributed by atoms with Crippen LogP contribution in [0.4, 0.5) is 10.5 Å². The summed E-state index contributed by atoms with van der Waals surface area (Å²) in [6.45, 7) is 4.02. The maximum Gasteiger partial charge on any atom is 0.331 e. The minimum absolute atomic E-state index is 0.0673. The quantitative estimate of drug-likeness (QED) is 0.421. The summed E-state index contributed by atoms with van der Waals surface area (Å²) in [4.78, 5) is 54.4. The highest BCUT2D eigenvalue weighted by atomic mass is 16.5. The Morgan fingerprint density at radius 2 is 1.65 bits per heavy atom. The smallest absolute Gasteiger partial charge is 0.331 e. The Bertz CT molecular complexity index is 1230. The number of carbonyl (C=O) groups is 4. The fraction of sp³-hybridized carbons (Fsp3) is 0.484. The van der Waals surface area contributed by atoms with E-state index >= 15 is 0 Å². The fourth-order valence-electron chi connectivity index (χ4n) is 5.87. The van der Waals surface area contributed by atoms with Crippen molar-refractivity contribution in [2.45, 2.75) is 76.3 Å². The Kier molecular flexibility index (Phi) is 8.81. The number of benzene rings is 2. The summed E-state index contributed by atoms with van der Waals surface area (Å²) < 4.78 is 5.27. The number of imide groups is 1. The van der Waals surface area contributed by atoms with Gasteiger partial charge < -0.3 is 20.1 Å². The SMILES string of the molecule is COc1ccc(C2(C(=O)N[C@@H](Cc3ccc(N4C(=O)[C@H](CC(C)C)N(C)C4=O)cc3)C(=O)O)CCCCC2)cc1. The van der Waals surface area contributed by atoms with E-state index in [2.05, 4.69) is 5.32 Å². The molecule has 4 amide bonds. The van der Waals surface area contributed by atoms with Crippen molar-refractivity contribution in [2.75, 3.05) is 19.1 Å². The first-order valence-electron chi connectivity index (χ1n) is 14.0. The predicted molar refractivity (Wildman–Crippen MR) is 151 cm³/mol. The lowest BCUT2D eigenvalue weighted by Gasteiger charge is -2.37. The molecular weight excluding hydrogens is 510 g/mol. The Morgan fingerprint density at radius 3 is 2.20 bits per heavy atom. The molecule has 2 atom stereocenters. The second kappa shape index (κ2) is 12.1. The molecule has 0 unspecified atom stereocenters. The molecule has 40 heavy (non-hydrogen) atoms. The average molecular weight is 550 g/mol. The molecule has 2 aromatic carbocycles. The number of hydrogen-bond donors (Lipinski definition) is 2. The molecular formula is C31H39N3O6. The number of likely N-dealkylation sites (N-methyl/N-ethyl adjacent to an activating group) is 1. The van der Waals surface area contributed by atoms with E-state index in [1.54, 1.807) is 38.4 Å². The van der Waals surface area contributed by atoms with Crippen molar-refractivity contribution >= 4 is 29.5 Å². The van der Waals surface area contributed by atoms with Gasteiger partial charge in [0.1, 0.15) is 17.8 Å². The van der Waals surface area contributed by atoms with E-state index in [1.165, 1.54) is 9.80 Å². The van der Waals surface area contributed by atoms with Crippen LogP contribution in [0, 0.1) is 5.92 Å². The summed E-state index contributed by atoms with van der Waals surface area (Å²) in [5.41, 5.74) is 1.18. The predicted octanol–water partition coefficient (Wildman–Crippen LogP) is 4.52. The summed E-state index contributed by atoms with van der Waals surface area (Å²) >= 11 is 0. The molecule has 2 fully saturated rings. The number of carboxylic acid groups (broad SMARTS) is 1. The highest BCUT2D eigenvalue weighted by Gasteiger charge is 2.44. The van der Waals surface area contributed by atoms with E-state index in [0.29, 0.717) is 36.3 Å². The van der Waals surface area contributed by atoms with Gasteiger partial charge in [0.05, 0.1) is 18.2 Å². The summed E-state index contributed by atoms with van der Waals surface area (Å²) in [6.07, 6.45) is 4.76. The molecule has 214 valence electrons. The van der Waals surface area contributed by atoms with Crippen molar-refractivity contribution in [3.8, 4) is 5.75 Å². The Hall–Kier alpha value is -3.88. The van der Waals surface area contributed by atoms with Crippen LogP contribution < -0.4 is 15.0 Å². The van der Waals surface area contributed by atoms with Gasteiger partial charge in [-0.3, -0.25) is 9.59 Å². The number of urea groups is 1. The van der Waals surface area contributed by atoms with Gasteiger partial charge in [0.2, 0.25) is 5.91 Å². The summed E-state index contributed by atoms with van der Waals surface area (Å²) in [7, 11) is 3.22. The number of carboxylic acids is 1.